The molecule has 2 saturated heterocycles. The summed E-state index contributed by atoms with van der Waals surface area (Å²) in [7, 11) is 0. The van der Waals surface area contributed by atoms with E-state index in [0.29, 0.717) is 19.6 Å². The molecular formula is C23H29N3O2S. The molecule has 0 aliphatic carbocycles. The molecular weight excluding hydrogens is 382 g/mol. The summed E-state index contributed by atoms with van der Waals surface area (Å²) in [5.74, 6) is 0.201. The number of amides is 2. The van der Waals surface area contributed by atoms with Crippen LogP contribution in [0.2, 0.25) is 0 Å². The molecule has 2 amide bonds. The number of hydrogen-bond acceptors (Lipinski definition) is 4. The minimum atomic E-state index is -0.00636. The molecule has 1 aromatic carbocycles. The normalized spacial score (nSPS) is 18.1. The molecule has 3 heterocycles. The third-order valence-corrected chi connectivity index (χ3v) is 6.91. The summed E-state index contributed by atoms with van der Waals surface area (Å²) in [6.45, 7) is 5.19. The molecule has 0 unspecified atom stereocenters. The number of piperidine rings is 1. The van der Waals surface area contributed by atoms with Crippen LogP contribution in [0.1, 0.15) is 46.5 Å². The Hall–Kier alpha value is -2.18. The summed E-state index contributed by atoms with van der Waals surface area (Å²) in [6, 6.07) is 12.2. The second-order valence-corrected chi connectivity index (χ2v) is 8.96. The first-order valence-corrected chi connectivity index (χ1v) is 11.5. The van der Waals surface area contributed by atoms with E-state index in [4.69, 9.17) is 0 Å². The third kappa shape index (κ3) is 5.06. The molecule has 2 fully saturated rings. The van der Waals surface area contributed by atoms with Crippen molar-refractivity contribution < 1.29 is 9.59 Å². The molecule has 4 rings (SSSR count). The first-order valence-electron chi connectivity index (χ1n) is 10.6. The van der Waals surface area contributed by atoms with E-state index in [1.165, 1.54) is 48.4 Å². The van der Waals surface area contributed by atoms with Crippen LogP contribution in [-0.4, -0.2) is 47.8 Å². The second kappa shape index (κ2) is 9.55. The fourth-order valence-electron chi connectivity index (χ4n) is 4.29. The van der Waals surface area contributed by atoms with Crippen molar-refractivity contribution in [2.45, 2.75) is 38.8 Å². The molecule has 0 atom stereocenters. The summed E-state index contributed by atoms with van der Waals surface area (Å²) in [4.78, 5) is 30.3. The maximum atomic E-state index is 12.7. The van der Waals surface area contributed by atoms with Crippen LogP contribution in [0.3, 0.4) is 0 Å². The zero-order valence-electron chi connectivity index (χ0n) is 16.8. The van der Waals surface area contributed by atoms with Gasteiger partial charge in [-0.15, -0.1) is 11.3 Å². The topological polar surface area (TPSA) is 52.7 Å². The van der Waals surface area contributed by atoms with Crippen molar-refractivity contribution in [3.8, 4) is 0 Å². The summed E-state index contributed by atoms with van der Waals surface area (Å²) < 4.78 is 0. The molecule has 6 heteroatoms. The zero-order valence-corrected chi connectivity index (χ0v) is 17.6. The zero-order chi connectivity index (χ0) is 20.1. The van der Waals surface area contributed by atoms with Crippen molar-refractivity contribution in [2.75, 3.05) is 26.2 Å². The Balaban J connectivity index is 1.27. The fourth-order valence-corrected chi connectivity index (χ4v) is 4.98. The van der Waals surface area contributed by atoms with Crippen molar-refractivity contribution in [3.63, 3.8) is 0 Å². The monoisotopic (exact) mass is 411 g/mol. The van der Waals surface area contributed by atoms with Crippen LogP contribution >= 0.6 is 11.3 Å². The van der Waals surface area contributed by atoms with Crippen molar-refractivity contribution >= 4 is 23.2 Å². The van der Waals surface area contributed by atoms with Crippen LogP contribution in [0.25, 0.3) is 0 Å². The lowest BCUT2D eigenvalue weighted by molar-refractivity contribution is -0.126. The predicted octanol–water partition coefficient (Wildman–Crippen LogP) is 3.51. The smallest absolute Gasteiger partial charge is 0.263 e. The molecule has 2 aliphatic heterocycles. The number of carbonyl (C=O) groups excluding carboxylic acids is 2. The molecule has 0 saturated carbocycles. The molecule has 1 N–H and O–H groups in total. The van der Waals surface area contributed by atoms with Gasteiger partial charge in [0.2, 0.25) is 5.91 Å². The van der Waals surface area contributed by atoms with E-state index in [9.17, 15) is 9.59 Å². The maximum absolute atomic E-state index is 12.7. The largest absolute Gasteiger partial charge is 0.352 e. The van der Waals surface area contributed by atoms with E-state index in [1.54, 1.807) is 0 Å². The lowest BCUT2D eigenvalue weighted by Gasteiger charge is -2.31. The minimum Gasteiger partial charge on any atom is -0.352 e. The van der Waals surface area contributed by atoms with Gasteiger partial charge in [0.15, 0.2) is 0 Å². The Labute approximate surface area is 176 Å². The molecule has 2 aliphatic rings. The standard InChI is InChI=1S/C23H29N3O2S/c27-22(18-9-13-26(14-10-18)23(28)21-8-5-15-29-21)24-16-19-6-1-2-7-20(19)17-25-11-3-4-12-25/h1-2,5-8,15,18H,3-4,9-14,16-17H2,(H,24,27). The first-order chi connectivity index (χ1) is 14.2. The van der Waals surface area contributed by atoms with Crippen LogP contribution in [-0.2, 0) is 17.9 Å². The summed E-state index contributed by atoms with van der Waals surface area (Å²) in [6.07, 6.45) is 4.04. The van der Waals surface area contributed by atoms with E-state index in [1.807, 2.05) is 28.5 Å². The average Bonchev–Trinajstić information content (AvgIpc) is 3.47. The molecule has 154 valence electrons. The van der Waals surface area contributed by atoms with E-state index >= 15 is 0 Å². The van der Waals surface area contributed by atoms with Gasteiger partial charge in [-0.1, -0.05) is 30.3 Å². The highest BCUT2D eigenvalue weighted by Crippen LogP contribution is 2.21. The Morgan fingerprint density at radius 2 is 1.69 bits per heavy atom. The minimum absolute atomic E-state index is 0.00636. The van der Waals surface area contributed by atoms with Gasteiger partial charge in [0.05, 0.1) is 4.88 Å². The highest BCUT2D eigenvalue weighted by atomic mass is 32.1. The van der Waals surface area contributed by atoms with Gasteiger partial charge in [0, 0.05) is 32.1 Å². The van der Waals surface area contributed by atoms with Gasteiger partial charge in [-0.25, -0.2) is 0 Å². The van der Waals surface area contributed by atoms with Crippen molar-refractivity contribution in [3.05, 3.63) is 57.8 Å². The molecule has 0 radical (unpaired) electrons. The van der Waals surface area contributed by atoms with Gasteiger partial charge in [-0.3, -0.25) is 14.5 Å². The van der Waals surface area contributed by atoms with Gasteiger partial charge in [0.1, 0.15) is 0 Å². The van der Waals surface area contributed by atoms with E-state index in [-0.39, 0.29) is 17.7 Å². The number of benzene rings is 1. The second-order valence-electron chi connectivity index (χ2n) is 8.01. The van der Waals surface area contributed by atoms with E-state index in [0.717, 1.165) is 24.3 Å². The number of likely N-dealkylation sites (tertiary alicyclic amines) is 2. The molecule has 5 nitrogen and oxygen atoms in total. The fraction of sp³-hybridized carbons (Fsp3) is 0.478. The Morgan fingerprint density at radius 1 is 0.966 bits per heavy atom. The number of hydrogen-bond donors (Lipinski definition) is 1. The molecule has 2 aromatic rings. The van der Waals surface area contributed by atoms with Crippen LogP contribution in [0, 0.1) is 5.92 Å². The van der Waals surface area contributed by atoms with Crippen molar-refractivity contribution in [1.29, 1.82) is 0 Å². The Bertz CT molecular complexity index is 822. The lowest BCUT2D eigenvalue weighted by atomic mass is 9.95. The van der Waals surface area contributed by atoms with Gasteiger partial charge in [-0.2, -0.15) is 0 Å². The molecule has 0 spiro atoms. The number of carbonyl (C=O) groups is 2. The number of thiophene rings is 1. The van der Waals surface area contributed by atoms with Gasteiger partial charge in [0.25, 0.3) is 5.91 Å². The van der Waals surface area contributed by atoms with Gasteiger partial charge >= 0.3 is 0 Å². The quantitative estimate of drug-likeness (QED) is 0.791. The Morgan fingerprint density at radius 3 is 2.38 bits per heavy atom. The number of nitrogens with zero attached hydrogens (tertiary/aromatic N) is 2. The Kier molecular flexibility index (Phi) is 6.62. The average molecular weight is 412 g/mol. The van der Waals surface area contributed by atoms with Crippen molar-refractivity contribution in [1.82, 2.24) is 15.1 Å². The summed E-state index contributed by atoms with van der Waals surface area (Å²) in [5.41, 5.74) is 2.52. The van der Waals surface area contributed by atoms with Crippen LogP contribution in [0.4, 0.5) is 0 Å². The van der Waals surface area contributed by atoms with E-state index < -0.39 is 0 Å². The van der Waals surface area contributed by atoms with E-state index in [2.05, 4.69) is 28.4 Å². The predicted molar refractivity (Wildman–Crippen MR) is 116 cm³/mol. The van der Waals surface area contributed by atoms with Crippen molar-refractivity contribution in [2.24, 2.45) is 5.92 Å². The highest BCUT2D eigenvalue weighted by Gasteiger charge is 2.28. The van der Waals surface area contributed by atoms with Crippen LogP contribution in [0.15, 0.2) is 41.8 Å². The van der Waals surface area contributed by atoms with Crippen LogP contribution in [0.5, 0.6) is 0 Å². The summed E-state index contributed by atoms with van der Waals surface area (Å²) in [5, 5.41) is 5.07. The molecule has 29 heavy (non-hydrogen) atoms. The summed E-state index contributed by atoms with van der Waals surface area (Å²) >= 11 is 1.48. The highest BCUT2D eigenvalue weighted by molar-refractivity contribution is 7.12. The molecule has 1 aromatic heterocycles. The SMILES string of the molecule is O=C(NCc1ccccc1CN1CCCC1)C1CCN(C(=O)c2cccs2)CC1. The molecule has 0 bridgehead atoms. The third-order valence-electron chi connectivity index (χ3n) is 6.05. The lowest BCUT2D eigenvalue weighted by Crippen LogP contribution is -2.42. The first kappa shape index (κ1) is 20.1. The van der Waals surface area contributed by atoms with Gasteiger partial charge < -0.3 is 10.2 Å². The van der Waals surface area contributed by atoms with Crippen LogP contribution < -0.4 is 5.32 Å². The number of rotatable bonds is 6. The maximum Gasteiger partial charge on any atom is 0.263 e. The van der Waals surface area contributed by atoms with Gasteiger partial charge in [-0.05, 0) is 61.3 Å². The number of nitrogens with one attached hydrogen (secondary N) is 1.